The van der Waals surface area contributed by atoms with E-state index in [2.05, 4.69) is 17.4 Å². The molecule has 0 heterocycles. The average Bonchev–Trinajstić information content (AvgIpc) is 2.87. The molecule has 3 N–H and O–H groups in total. The van der Waals surface area contributed by atoms with Gasteiger partial charge in [0.25, 0.3) is 0 Å². The van der Waals surface area contributed by atoms with Gasteiger partial charge in [0, 0.05) is 19.5 Å². The number of hydrazine groups is 1. The number of fused-ring (bicyclic) bond motifs is 2. The maximum atomic E-state index is 11.0. The number of amides is 1. The Hall–Kier alpha value is -0.610. The van der Waals surface area contributed by atoms with Gasteiger partial charge in [-0.15, -0.1) is 0 Å². The summed E-state index contributed by atoms with van der Waals surface area (Å²) in [6.45, 7) is 1.97. The van der Waals surface area contributed by atoms with Crippen molar-refractivity contribution < 1.29 is 4.79 Å². The summed E-state index contributed by atoms with van der Waals surface area (Å²) in [5, 5.41) is 0. The molecule has 4 heteroatoms. The van der Waals surface area contributed by atoms with E-state index in [4.69, 9.17) is 5.84 Å². The summed E-state index contributed by atoms with van der Waals surface area (Å²) in [5.74, 6) is 7.84. The first kappa shape index (κ1) is 11.9. The van der Waals surface area contributed by atoms with Gasteiger partial charge in [-0.05, 0) is 44.1 Å². The van der Waals surface area contributed by atoms with Gasteiger partial charge in [-0.3, -0.25) is 10.2 Å². The van der Waals surface area contributed by atoms with Crippen molar-refractivity contribution in [1.29, 1.82) is 0 Å². The van der Waals surface area contributed by atoms with Crippen LogP contribution in [0.25, 0.3) is 0 Å². The lowest BCUT2D eigenvalue weighted by Crippen LogP contribution is -2.35. The van der Waals surface area contributed by atoms with Crippen molar-refractivity contribution >= 4 is 5.91 Å². The third kappa shape index (κ3) is 2.74. The first-order valence-corrected chi connectivity index (χ1v) is 6.37. The van der Waals surface area contributed by atoms with Crippen LogP contribution >= 0.6 is 0 Å². The van der Waals surface area contributed by atoms with E-state index < -0.39 is 0 Å². The Bertz CT molecular complexity index is 257. The molecule has 0 aliphatic heterocycles. The Morgan fingerprint density at radius 3 is 2.81 bits per heavy atom. The van der Waals surface area contributed by atoms with Crippen LogP contribution in [0.15, 0.2) is 0 Å². The summed E-state index contributed by atoms with van der Waals surface area (Å²) in [6, 6.07) is 0. The topological polar surface area (TPSA) is 58.4 Å². The van der Waals surface area contributed by atoms with E-state index in [1.165, 1.54) is 25.7 Å². The molecule has 2 fully saturated rings. The molecular formula is C12H23N3O. The van der Waals surface area contributed by atoms with Gasteiger partial charge < -0.3 is 4.90 Å². The molecule has 2 aliphatic carbocycles. The van der Waals surface area contributed by atoms with Crippen molar-refractivity contribution in [2.24, 2.45) is 23.6 Å². The van der Waals surface area contributed by atoms with Crippen LogP contribution in [-0.2, 0) is 4.79 Å². The fraction of sp³-hybridized carbons (Fsp3) is 0.917. The zero-order valence-corrected chi connectivity index (χ0v) is 10.1. The number of nitrogens with zero attached hydrogens (tertiary/aromatic N) is 1. The molecule has 1 amide bonds. The van der Waals surface area contributed by atoms with Gasteiger partial charge in [0.15, 0.2) is 0 Å². The monoisotopic (exact) mass is 225 g/mol. The molecule has 0 aromatic rings. The highest BCUT2D eigenvalue weighted by molar-refractivity contribution is 5.75. The van der Waals surface area contributed by atoms with Crippen molar-refractivity contribution in [2.45, 2.75) is 32.1 Å². The lowest BCUT2D eigenvalue weighted by Gasteiger charge is -2.26. The molecule has 3 atom stereocenters. The molecule has 92 valence electrons. The van der Waals surface area contributed by atoms with Gasteiger partial charge in [-0.25, -0.2) is 5.84 Å². The lowest BCUT2D eigenvalue weighted by molar-refractivity contribution is -0.121. The molecule has 2 rings (SSSR count). The molecule has 2 aliphatic rings. The number of nitrogens with one attached hydrogen (secondary N) is 1. The molecule has 0 aromatic heterocycles. The number of rotatable bonds is 5. The maximum Gasteiger partial charge on any atom is 0.235 e. The Balaban J connectivity index is 1.67. The molecule has 0 radical (unpaired) electrons. The molecular weight excluding hydrogens is 202 g/mol. The highest BCUT2D eigenvalue weighted by Crippen LogP contribution is 2.48. The van der Waals surface area contributed by atoms with Gasteiger partial charge in [0.05, 0.1) is 0 Å². The van der Waals surface area contributed by atoms with Crippen LogP contribution < -0.4 is 11.3 Å². The van der Waals surface area contributed by atoms with Crippen molar-refractivity contribution in [3.63, 3.8) is 0 Å². The Morgan fingerprint density at radius 2 is 2.25 bits per heavy atom. The zero-order valence-electron chi connectivity index (χ0n) is 10.1. The summed E-state index contributed by atoms with van der Waals surface area (Å²) in [7, 11) is 2.11. The summed E-state index contributed by atoms with van der Waals surface area (Å²) >= 11 is 0. The first-order valence-electron chi connectivity index (χ1n) is 6.37. The molecule has 3 unspecified atom stereocenters. The highest BCUT2D eigenvalue weighted by Gasteiger charge is 2.39. The van der Waals surface area contributed by atoms with Gasteiger partial charge in [-0.1, -0.05) is 6.42 Å². The normalized spacial score (nSPS) is 32.3. The minimum absolute atomic E-state index is 0.0696. The van der Waals surface area contributed by atoms with Crippen molar-refractivity contribution in [3.8, 4) is 0 Å². The summed E-state index contributed by atoms with van der Waals surface area (Å²) in [5.41, 5.74) is 2.18. The third-order valence-electron chi connectivity index (χ3n) is 4.31. The van der Waals surface area contributed by atoms with Crippen molar-refractivity contribution in [3.05, 3.63) is 0 Å². The number of hydrogen-bond acceptors (Lipinski definition) is 3. The van der Waals surface area contributed by atoms with Crippen LogP contribution in [0.4, 0.5) is 0 Å². The minimum Gasteiger partial charge on any atom is -0.306 e. The van der Waals surface area contributed by atoms with Crippen molar-refractivity contribution in [1.82, 2.24) is 10.3 Å². The standard InChI is InChI=1S/C12H23N3O/c1-15(5-4-12(16)14-13)8-11-7-9-2-3-10(11)6-9/h9-11H,2-8,13H2,1H3,(H,14,16). The van der Waals surface area contributed by atoms with Gasteiger partial charge in [-0.2, -0.15) is 0 Å². The van der Waals surface area contributed by atoms with Crippen LogP contribution in [0, 0.1) is 17.8 Å². The highest BCUT2D eigenvalue weighted by atomic mass is 16.2. The Labute approximate surface area is 97.5 Å². The second-order valence-corrected chi connectivity index (χ2v) is 5.51. The Morgan fingerprint density at radius 1 is 1.44 bits per heavy atom. The van der Waals surface area contributed by atoms with E-state index >= 15 is 0 Å². The summed E-state index contributed by atoms with van der Waals surface area (Å²) < 4.78 is 0. The first-order chi connectivity index (χ1) is 7.69. The Kier molecular flexibility index (Phi) is 3.82. The molecule has 0 aromatic carbocycles. The molecule has 0 saturated heterocycles. The fourth-order valence-corrected chi connectivity index (χ4v) is 3.46. The van der Waals surface area contributed by atoms with Gasteiger partial charge in [0.2, 0.25) is 5.91 Å². The van der Waals surface area contributed by atoms with E-state index in [1.807, 2.05) is 0 Å². The van der Waals surface area contributed by atoms with E-state index in [9.17, 15) is 4.79 Å². The van der Waals surface area contributed by atoms with Crippen molar-refractivity contribution in [2.75, 3.05) is 20.1 Å². The van der Waals surface area contributed by atoms with E-state index in [1.54, 1.807) is 0 Å². The average molecular weight is 225 g/mol. The molecule has 4 nitrogen and oxygen atoms in total. The number of carbonyl (C=O) groups is 1. The third-order valence-corrected chi connectivity index (χ3v) is 4.31. The lowest BCUT2D eigenvalue weighted by atomic mass is 9.88. The SMILES string of the molecule is CN(CCC(=O)NN)CC1CC2CCC1C2. The van der Waals surface area contributed by atoms with E-state index in [0.29, 0.717) is 6.42 Å². The number of hydrogen-bond donors (Lipinski definition) is 2. The molecule has 0 spiro atoms. The second kappa shape index (κ2) is 5.15. The maximum absolute atomic E-state index is 11.0. The van der Waals surface area contributed by atoms with Crippen LogP contribution in [0.5, 0.6) is 0 Å². The molecule has 2 saturated carbocycles. The zero-order chi connectivity index (χ0) is 11.5. The van der Waals surface area contributed by atoms with E-state index in [0.717, 1.165) is 30.8 Å². The number of nitrogens with two attached hydrogens (primary N) is 1. The van der Waals surface area contributed by atoms with Gasteiger partial charge in [0.1, 0.15) is 0 Å². The van der Waals surface area contributed by atoms with Crippen LogP contribution in [0.2, 0.25) is 0 Å². The number of carbonyl (C=O) groups excluding carboxylic acids is 1. The smallest absolute Gasteiger partial charge is 0.235 e. The van der Waals surface area contributed by atoms with Gasteiger partial charge >= 0.3 is 0 Å². The second-order valence-electron chi connectivity index (χ2n) is 5.51. The minimum atomic E-state index is -0.0696. The predicted octanol–water partition coefficient (Wildman–Crippen LogP) is 0.734. The van der Waals surface area contributed by atoms with Crippen LogP contribution in [-0.4, -0.2) is 30.9 Å². The largest absolute Gasteiger partial charge is 0.306 e. The van der Waals surface area contributed by atoms with E-state index in [-0.39, 0.29) is 5.91 Å². The van der Waals surface area contributed by atoms with Crippen LogP contribution in [0.1, 0.15) is 32.1 Å². The van der Waals surface area contributed by atoms with Crippen LogP contribution in [0.3, 0.4) is 0 Å². The predicted molar refractivity (Wildman–Crippen MR) is 63.4 cm³/mol. The summed E-state index contributed by atoms with van der Waals surface area (Å²) in [6.07, 6.45) is 6.28. The summed E-state index contributed by atoms with van der Waals surface area (Å²) in [4.78, 5) is 13.3. The quantitative estimate of drug-likeness (QED) is 0.412. The molecule has 16 heavy (non-hydrogen) atoms. The fourth-order valence-electron chi connectivity index (χ4n) is 3.46. The molecule has 2 bridgehead atoms.